The first-order valence-electron chi connectivity index (χ1n) is 10.4. The smallest absolute Gasteiger partial charge is 0.213 e. The Kier molecular flexibility index (Phi) is 8.39. The standard InChI is InChI=1S/C25H29N3O/c1-2-3-4-5-6-7-8-11-19-29-24-16-15-21(20-28-24)22-13-9-10-14-23(22)25-26-17-12-18-27-25/h2,9-10,12-18,20H,1,3-8,11,19H2. The number of unbranched alkanes of at least 4 members (excludes halogenated alkanes) is 6. The predicted molar refractivity (Wildman–Crippen MR) is 119 cm³/mol. The lowest BCUT2D eigenvalue weighted by Gasteiger charge is -2.09. The van der Waals surface area contributed by atoms with Crippen LogP contribution in [0.25, 0.3) is 22.5 Å². The molecule has 1 aromatic carbocycles. The van der Waals surface area contributed by atoms with Crippen molar-refractivity contribution >= 4 is 0 Å². The maximum absolute atomic E-state index is 5.81. The van der Waals surface area contributed by atoms with E-state index in [4.69, 9.17) is 4.74 Å². The summed E-state index contributed by atoms with van der Waals surface area (Å²) in [6.07, 6.45) is 15.9. The Morgan fingerprint density at radius 2 is 1.48 bits per heavy atom. The van der Waals surface area contributed by atoms with Gasteiger partial charge in [-0.15, -0.1) is 6.58 Å². The van der Waals surface area contributed by atoms with Crippen molar-refractivity contribution in [3.05, 3.63) is 73.7 Å². The molecule has 0 aliphatic carbocycles. The van der Waals surface area contributed by atoms with Crippen molar-refractivity contribution in [2.75, 3.05) is 6.61 Å². The number of benzene rings is 1. The number of aromatic nitrogens is 3. The van der Waals surface area contributed by atoms with Crippen LogP contribution in [0.15, 0.2) is 73.7 Å². The van der Waals surface area contributed by atoms with Gasteiger partial charge in [0.25, 0.3) is 0 Å². The molecule has 0 radical (unpaired) electrons. The van der Waals surface area contributed by atoms with Gasteiger partial charge in [0.2, 0.25) is 5.88 Å². The van der Waals surface area contributed by atoms with Crippen molar-refractivity contribution in [2.45, 2.75) is 44.9 Å². The molecule has 4 nitrogen and oxygen atoms in total. The maximum atomic E-state index is 5.81. The fraction of sp³-hybridized carbons (Fsp3) is 0.320. The van der Waals surface area contributed by atoms with Crippen LogP contribution in [0, 0.1) is 0 Å². The molecule has 4 heteroatoms. The van der Waals surface area contributed by atoms with Crippen LogP contribution in [0.2, 0.25) is 0 Å². The SMILES string of the molecule is C=CCCCCCCCCOc1ccc(-c2ccccc2-c2ncccn2)cn1. The van der Waals surface area contributed by atoms with E-state index >= 15 is 0 Å². The molecule has 0 saturated heterocycles. The Labute approximate surface area is 173 Å². The second-order valence-corrected chi connectivity index (χ2v) is 7.05. The summed E-state index contributed by atoms with van der Waals surface area (Å²) >= 11 is 0. The number of nitrogens with zero attached hydrogens (tertiary/aromatic N) is 3. The van der Waals surface area contributed by atoms with E-state index in [-0.39, 0.29) is 0 Å². The minimum atomic E-state index is 0.674. The summed E-state index contributed by atoms with van der Waals surface area (Å²) in [4.78, 5) is 13.2. The van der Waals surface area contributed by atoms with Gasteiger partial charge in [0, 0.05) is 35.8 Å². The van der Waals surface area contributed by atoms with Crippen molar-refractivity contribution in [3.63, 3.8) is 0 Å². The zero-order chi connectivity index (χ0) is 20.2. The molecule has 0 atom stereocenters. The Morgan fingerprint density at radius 3 is 2.21 bits per heavy atom. The normalized spacial score (nSPS) is 10.6. The summed E-state index contributed by atoms with van der Waals surface area (Å²) in [5, 5.41) is 0. The van der Waals surface area contributed by atoms with Crippen LogP contribution in [0.4, 0.5) is 0 Å². The lowest BCUT2D eigenvalue weighted by molar-refractivity contribution is 0.293. The summed E-state index contributed by atoms with van der Waals surface area (Å²) in [7, 11) is 0. The van der Waals surface area contributed by atoms with Gasteiger partial charge in [-0.3, -0.25) is 0 Å². The summed E-state index contributed by atoms with van der Waals surface area (Å²) in [5.41, 5.74) is 3.09. The highest BCUT2D eigenvalue weighted by atomic mass is 16.5. The van der Waals surface area contributed by atoms with Crippen LogP contribution in [0.5, 0.6) is 5.88 Å². The first-order chi connectivity index (χ1) is 14.4. The Balaban J connectivity index is 1.49. The van der Waals surface area contributed by atoms with Crippen molar-refractivity contribution in [1.82, 2.24) is 15.0 Å². The molecule has 150 valence electrons. The number of rotatable bonds is 12. The summed E-state index contributed by atoms with van der Waals surface area (Å²) in [6, 6.07) is 13.9. The number of hydrogen-bond donors (Lipinski definition) is 0. The largest absolute Gasteiger partial charge is 0.478 e. The molecule has 3 rings (SSSR count). The van der Waals surface area contributed by atoms with E-state index in [1.54, 1.807) is 12.4 Å². The van der Waals surface area contributed by atoms with Crippen LogP contribution < -0.4 is 4.74 Å². The molecular weight excluding hydrogens is 358 g/mol. The third-order valence-electron chi connectivity index (χ3n) is 4.83. The fourth-order valence-corrected chi connectivity index (χ4v) is 3.27. The average Bonchev–Trinajstić information content (AvgIpc) is 2.79. The summed E-state index contributed by atoms with van der Waals surface area (Å²) < 4.78 is 5.81. The zero-order valence-electron chi connectivity index (χ0n) is 17.0. The Bertz CT molecular complexity index is 863. The average molecular weight is 388 g/mol. The third kappa shape index (κ3) is 6.53. The second-order valence-electron chi connectivity index (χ2n) is 7.05. The Hall–Kier alpha value is -3.01. The lowest BCUT2D eigenvalue weighted by atomic mass is 10.0. The molecule has 0 aliphatic rings. The van der Waals surface area contributed by atoms with E-state index in [9.17, 15) is 0 Å². The van der Waals surface area contributed by atoms with Crippen LogP contribution in [0.1, 0.15) is 44.9 Å². The lowest BCUT2D eigenvalue weighted by Crippen LogP contribution is -1.99. The molecule has 3 aromatic rings. The number of allylic oxidation sites excluding steroid dienone is 1. The molecule has 0 aliphatic heterocycles. The quantitative estimate of drug-likeness (QED) is 0.263. The first kappa shape index (κ1) is 20.7. The van der Waals surface area contributed by atoms with Crippen molar-refractivity contribution in [1.29, 1.82) is 0 Å². The van der Waals surface area contributed by atoms with Gasteiger partial charge < -0.3 is 4.74 Å². The van der Waals surface area contributed by atoms with E-state index in [1.165, 1.54) is 32.1 Å². The molecule has 0 N–H and O–H groups in total. The highest BCUT2D eigenvalue weighted by molar-refractivity contribution is 5.80. The van der Waals surface area contributed by atoms with E-state index in [0.717, 1.165) is 29.5 Å². The first-order valence-corrected chi connectivity index (χ1v) is 10.4. The van der Waals surface area contributed by atoms with Gasteiger partial charge in [-0.1, -0.05) is 56.0 Å². The molecule has 0 bridgehead atoms. The molecule has 0 spiro atoms. The van der Waals surface area contributed by atoms with Gasteiger partial charge in [0.05, 0.1) is 6.61 Å². The summed E-state index contributed by atoms with van der Waals surface area (Å²) in [5.74, 6) is 1.39. The van der Waals surface area contributed by atoms with E-state index in [2.05, 4.69) is 27.6 Å². The number of pyridine rings is 1. The molecular formula is C25H29N3O. The van der Waals surface area contributed by atoms with E-state index < -0.39 is 0 Å². The molecule has 0 unspecified atom stereocenters. The van der Waals surface area contributed by atoms with Crippen molar-refractivity contribution < 1.29 is 4.74 Å². The van der Waals surface area contributed by atoms with Gasteiger partial charge in [-0.05, 0) is 37.0 Å². The molecule has 2 aromatic heterocycles. The van der Waals surface area contributed by atoms with Gasteiger partial charge >= 0.3 is 0 Å². The third-order valence-corrected chi connectivity index (χ3v) is 4.83. The minimum Gasteiger partial charge on any atom is -0.478 e. The van der Waals surface area contributed by atoms with Crippen LogP contribution in [0.3, 0.4) is 0 Å². The van der Waals surface area contributed by atoms with Crippen LogP contribution >= 0.6 is 0 Å². The maximum Gasteiger partial charge on any atom is 0.213 e. The highest BCUT2D eigenvalue weighted by Gasteiger charge is 2.09. The second kappa shape index (κ2) is 11.7. The minimum absolute atomic E-state index is 0.674. The molecule has 0 amide bonds. The topological polar surface area (TPSA) is 47.9 Å². The summed E-state index contributed by atoms with van der Waals surface area (Å²) in [6.45, 7) is 4.48. The highest BCUT2D eigenvalue weighted by Crippen LogP contribution is 2.30. The van der Waals surface area contributed by atoms with E-state index in [0.29, 0.717) is 18.3 Å². The number of ether oxygens (including phenoxy) is 1. The van der Waals surface area contributed by atoms with Gasteiger partial charge in [-0.25, -0.2) is 15.0 Å². The van der Waals surface area contributed by atoms with Gasteiger partial charge in [0.1, 0.15) is 0 Å². The molecule has 2 heterocycles. The van der Waals surface area contributed by atoms with Crippen LogP contribution in [-0.4, -0.2) is 21.6 Å². The molecule has 0 saturated carbocycles. The number of hydrogen-bond acceptors (Lipinski definition) is 4. The predicted octanol–water partition coefficient (Wildman–Crippen LogP) is 6.50. The molecule has 29 heavy (non-hydrogen) atoms. The monoisotopic (exact) mass is 387 g/mol. The molecule has 0 fully saturated rings. The van der Waals surface area contributed by atoms with Crippen LogP contribution in [-0.2, 0) is 0 Å². The van der Waals surface area contributed by atoms with Crippen molar-refractivity contribution in [2.24, 2.45) is 0 Å². The zero-order valence-corrected chi connectivity index (χ0v) is 17.0. The fourth-order valence-electron chi connectivity index (χ4n) is 3.27. The van der Waals surface area contributed by atoms with E-state index in [1.807, 2.05) is 48.7 Å². The Morgan fingerprint density at radius 1 is 0.759 bits per heavy atom. The van der Waals surface area contributed by atoms with Gasteiger partial charge in [0.15, 0.2) is 5.82 Å². The van der Waals surface area contributed by atoms with Crippen molar-refractivity contribution in [3.8, 4) is 28.4 Å². The van der Waals surface area contributed by atoms with Gasteiger partial charge in [-0.2, -0.15) is 0 Å².